The number of piperazine rings is 1. The van der Waals surface area contributed by atoms with Crippen LogP contribution in [0.5, 0.6) is 0 Å². The molecule has 0 aliphatic carbocycles. The maximum Gasteiger partial charge on any atom is 0.0524 e. The summed E-state index contributed by atoms with van der Waals surface area (Å²) in [5.41, 5.74) is 0. The van der Waals surface area contributed by atoms with Crippen molar-refractivity contribution in [3.05, 3.63) is 0 Å². The van der Waals surface area contributed by atoms with E-state index < -0.39 is 0 Å². The largest absolute Gasteiger partial charge is 0.393 e. The van der Waals surface area contributed by atoms with Crippen LogP contribution in [-0.4, -0.2) is 48.8 Å². The maximum atomic E-state index is 9.04. The van der Waals surface area contributed by atoms with Gasteiger partial charge in [0.2, 0.25) is 0 Å². The second-order valence-electron chi connectivity index (χ2n) is 3.23. The number of nitrogens with one attached hydrogen (secondary N) is 1. The number of nitrogens with zero attached hydrogens (tertiary/aromatic N) is 1. The maximum absolute atomic E-state index is 9.04. The molecular weight excluding hydrogens is 140 g/mol. The van der Waals surface area contributed by atoms with Gasteiger partial charge in [0.05, 0.1) is 6.10 Å². The van der Waals surface area contributed by atoms with Gasteiger partial charge in [-0.25, -0.2) is 0 Å². The third-order valence-electron chi connectivity index (χ3n) is 2.07. The Balaban J connectivity index is 2.05. The molecule has 11 heavy (non-hydrogen) atoms. The molecule has 0 bridgehead atoms. The summed E-state index contributed by atoms with van der Waals surface area (Å²) in [6.07, 6.45) is 0.755. The highest BCUT2D eigenvalue weighted by Gasteiger charge is 2.09. The van der Waals surface area contributed by atoms with Crippen molar-refractivity contribution >= 4 is 0 Å². The Labute approximate surface area is 68.4 Å². The van der Waals surface area contributed by atoms with Gasteiger partial charge in [-0.15, -0.1) is 0 Å². The average molecular weight is 158 g/mol. The van der Waals surface area contributed by atoms with E-state index in [1.54, 1.807) is 0 Å². The van der Waals surface area contributed by atoms with E-state index in [4.69, 9.17) is 5.11 Å². The third kappa shape index (κ3) is 3.70. The van der Waals surface area contributed by atoms with Crippen LogP contribution >= 0.6 is 0 Å². The van der Waals surface area contributed by atoms with Crippen LogP contribution in [0.1, 0.15) is 13.3 Å². The minimum absolute atomic E-state index is 0.148. The average Bonchev–Trinajstić information content (AvgIpc) is 2.03. The predicted octanol–water partition coefficient (Wildman–Crippen LogP) is -0.337. The molecule has 3 heteroatoms. The molecule has 1 fully saturated rings. The van der Waals surface area contributed by atoms with Crippen LogP contribution in [0.2, 0.25) is 0 Å². The van der Waals surface area contributed by atoms with Gasteiger partial charge in [-0.2, -0.15) is 0 Å². The molecule has 1 aliphatic rings. The van der Waals surface area contributed by atoms with Crippen molar-refractivity contribution in [2.75, 3.05) is 32.7 Å². The molecule has 0 radical (unpaired) electrons. The first-order chi connectivity index (χ1) is 5.29. The lowest BCUT2D eigenvalue weighted by atomic mass is 10.2. The van der Waals surface area contributed by atoms with Gasteiger partial charge in [-0.05, 0) is 13.3 Å². The van der Waals surface area contributed by atoms with E-state index in [0.717, 1.165) is 39.1 Å². The van der Waals surface area contributed by atoms with Crippen molar-refractivity contribution in [3.63, 3.8) is 0 Å². The monoisotopic (exact) mass is 158 g/mol. The molecule has 0 spiro atoms. The number of aliphatic hydroxyl groups excluding tert-OH is 1. The van der Waals surface area contributed by atoms with E-state index in [1.165, 1.54) is 0 Å². The molecule has 3 nitrogen and oxygen atoms in total. The van der Waals surface area contributed by atoms with Gasteiger partial charge in [0.25, 0.3) is 0 Å². The summed E-state index contributed by atoms with van der Waals surface area (Å²) in [5, 5.41) is 12.3. The van der Waals surface area contributed by atoms with Crippen molar-refractivity contribution in [2.24, 2.45) is 0 Å². The van der Waals surface area contributed by atoms with Gasteiger partial charge in [0, 0.05) is 32.7 Å². The zero-order chi connectivity index (χ0) is 8.10. The summed E-state index contributed by atoms with van der Waals surface area (Å²) < 4.78 is 0. The summed E-state index contributed by atoms with van der Waals surface area (Å²) in [6, 6.07) is 0. The molecule has 0 aromatic carbocycles. The zero-order valence-electron chi connectivity index (χ0n) is 7.21. The van der Waals surface area contributed by atoms with Crippen LogP contribution < -0.4 is 5.32 Å². The molecule has 0 unspecified atom stereocenters. The number of rotatable bonds is 3. The Bertz CT molecular complexity index is 100. The highest BCUT2D eigenvalue weighted by Crippen LogP contribution is 1.96. The summed E-state index contributed by atoms with van der Waals surface area (Å²) in [7, 11) is 0. The number of hydrogen-bond acceptors (Lipinski definition) is 3. The van der Waals surface area contributed by atoms with Crippen molar-refractivity contribution < 1.29 is 5.11 Å². The van der Waals surface area contributed by atoms with Gasteiger partial charge in [-0.1, -0.05) is 0 Å². The molecule has 2 N–H and O–H groups in total. The molecule has 1 aliphatic heterocycles. The molecule has 1 atom stereocenters. The Kier molecular flexibility index (Phi) is 3.83. The second kappa shape index (κ2) is 4.70. The van der Waals surface area contributed by atoms with Crippen molar-refractivity contribution in [2.45, 2.75) is 19.4 Å². The fraction of sp³-hybridized carbons (Fsp3) is 1.00. The molecule has 66 valence electrons. The van der Waals surface area contributed by atoms with Crippen LogP contribution in [0.4, 0.5) is 0 Å². The lowest BCUT2D eigenvalue weighted by Gasteiger charge is -2.27. The first-order valence-corrected chi connectivity index (χ1v) is 4.40. The van der Waals surface area contributed by atoms with Gasteiger partial charge >= 0.3 is 0 Å². The van der Waals surface area contributed by atoms with Crippen LogP contribution in [0.25, 0.3) is 0 Å². The van der Waals surface area contributed by atoms with Crippen molar-refractivity contribution in [1.29, 1.82) is 0 Å². The smallest absolute Gasteiger partial charge is 0.0524 e. The Morgan fingerprint density at radius 1 is 1.45 bits per heavy atom. The summed E-state index contributed by atoms with van der Waals surface area (Å²) in [4.78, 5) is 2.39. The van der Waals surface area contributed by atoms with Gasteiger partial charge < -0.3 is 15.3 Å². The van der Waals surface area contributed by atoms with Gasteiger partial charge in [-0.3, -0.25) is 0 Å². The molecule has 0 saturated carbocycles. The fourth-order valence-electron chi connectivity index (χ4n) is 1.30. The highest BCUT2D eigenvalue weighted by atomic mass is 16.3. The Morgan fingerprint density at radius 3 is 2.64 bits per heavy atom. The topological polar surface area (TPSA) is 35.5 Å². The third-order valence-corrected chi connectivity index (χ3v) is 2.07. The zero-order valence-corrected chi connectivity index (χ0v) is 7.21. The lowest BCUT2D eigenvalue weighted by Crippen LogP contribution is -2.44. The van der Waals surface area contributed by atoms with Crippen LogP contribution in [0.3, 0.4) is 0 Å². The quantitative estimate of drug-likeness (QED) is 0.590. The first-order valence-electron chi connectivity index (χ1n) is 4.40. The molecule has 0 aromatic rings. The number of aliphatic hydroxyl groups is 1. The van der Waals surface area contributed by atoms with E-state index in [0.29, 0.717) is 0 Å². The summed E-state index contributed by atoms with van der Waals surface area (Å²) in [6.45, 7) is 7.35. The van der Waals surface area contributed by atoms with Crippen LogP contribution in [0.15, 0.2) is 0 Å². The summed E-state index contributed by atoms with van der Waals surface area (Å²) >= 11 is 0. The SMILES string of the molecule is C[C@H](O)CCN1CCNCC1. The van der Waals surface area contributed by atoms with Crippen molar-refractivity contribution in [1.82, 2.24) is 10.2 Å². The minimum atomic E-state index is -0.148. The van der Waals surface area contributed by atoms with E-state index in [9.17, 15) is 0 Å². The second-order valence-corrected chi connectivity index (χ2v) is 3.23. The first kappa shape index (κ1) is 8.97. The standard InChI is InChI=1S/C8H18N2O/c1-8(11)2-5-10-6-3-9-4-7-10/h8-9,11H,2-7H2,1H3/t8-/m0/s1. The van der Waals surface area contributed by atoms with Crippen LogP contribution in [-0.2, 0) is 0 Å². The predicted molar refractivity (Wildman–Crippen MR) is 45.6 cm³/mol. The Morgan fingerprint density at radius 2 is 2.09 bits per heavy atom. The van der Waals surface area contributed by atoms with E-state index in [-0.39, 0.29) is 6.10 Å². The van der Waals surface area contributed by atoms with Gasteiger partial charge in [0.1, 0.15) is 0 Å². The highest BCUT2D eigenvalue weighted by molar-refractivity contribution is 4.67. The molecule has 1 rings (SSSR count). The van der Waals surface area contributed by atoms with E-state index >= 15 is 0 Å². The van der Waals surface area contributed by atoms with Crippen LogP contribution in [0, 0.1) is 0 Å². The van der Waals surface area contributed by atoms with Gasteiger partial charge in [0.15, 0.2) is 0 Å². The fourth-order valence-corrected chi connectivity index (χ4v) is 1.30. The summed E-state index contributed by atoms with van der Waals surface area (Å²) in [5.74, 6) is 0. The molecule has 1 heterocycles. The molecule has 1 saturated heterocycles. The molecule has 0 aromatic heterocycles. The van der Waals surface area contributed by atoms with E-state index in [1.807, 2.05) is 6.92 Å². The minimum Gasteiger partial charge on any atom is -0.393 e. The van der Waals surface area contributed by atoms with E-state index in [2.05, 4.69) is 10.2 Å². The Hall–Kier alpha value is -0.120. The molecule has 0 amide bonds. The number of hydrogen-bond donors (Lipinski definition) is 2. The normalized spacial score (nSPS) is 23.5. The lowest BCUT2D eigenvalue weighted by molar-refractivity contribution is 0.150. The molecular formula is C8H18N2O. The van der Waals surface area contributed by atoms with Crippen molar-refractivity contribution in [3.8, 4) is 0 Å².